The molecule has 1 fully saturated rings. The number of nitrogen functional groups attached to an aromatic ring is 1. The lowest BCUT2D eigenvalue weighted by molar-refractivity contribution is -0.145. The quantitative estimate of drug-likeness (QED) is 0.653. The number of hydrogen-bond acceptors (Lipinski definition) is 3. The highest BCUT2D eigenvalue weighted by Gasteiger charge is 2.22. The molecule has 3 nitrogen and oxygen atoms in total. The Morgan fingerprint density at radius 1 is 1.26 bits per heavy atom. The Kier molecular flexibility index (Phi) is 6.40. The monoisotopic (exact) mass is 263 g/mol. The molecular weight excluding hydrogens is 238 g/mol. The molecular formula is C16H25NO2. The van der Waals surface area contributed by atoms with Gasteiger partial charge in [0.25, 0.3) is 0 Å². The van der Waals surface area contributed by atoms with Crippen LogP contribution in [0.3, 0.4) is 0 Å². The minimum absolute atomic E-state index is 0.0208. The Morgan fingerprint density at radius 2 is 1.84 bits per heavy atom. The zero-order chi connectivity index (χ0) is 14.3. The van der Waals surface area contributed by atoms with Crippen LogP contribution in [0.25, 0.3) is 0 Å². The minimum atomic E-state index is -0.0208. The largest absolute Gasteiger partial charge is 0.469 e. The normalized spacial score (nSPS) is 14.9. The SMILES string of the molecule is CC(C)c1ccccc1N.COC(=O)C1CCCC1. The molecule has 0 heterocycles. The third kappa shape index (κ3) is 4.93. The molecule has 1 aromatic rings. The van der Waals surface area contributed by atoms with Crippen LogP contribution < -0.4 is 5.73 Å². The fraction of sp³-hybridized carbons (Fsp3) is 0.562. The first-order valence-corrected chi connectivity index (χ1v) is 6.98. The summed E-state index contributed by atoms with van der Waals surface area (Å²) in [6, 6.07) is 7.99. The first-order valence-electron chi connectivity index (χ1n) is 6.98. The standard InChI is InChI=1S/C9H13N.C7H12O2/c1-7(2)8-5-3-4-6-9(8)10;1-9-7(8)6-4-2-3-5-6/h3-7H,10H2,1-2H3;6H,2-5H2,1H3. The lowest BCUT2D eigenvalue weighted by Crippen LogP contribution is -2.11. The summed E-state index contributed by atoms with van der Waals surface area (Å²) in [4.78, 5) is 10.8. The predicted molar refractivity (Wildman–Crippen MR) is 78.9 cm³/mol. The molecule has 1 aliphatic carbocycles. The molecule has 0 radical (unpaired) electrons. The summed E-state index contributed by atoms with van der Waals surface area (Å²) in [7, 11) is 1.46. The van der Waals surface area contributed by atoms with Crippen molar-refractivity contribution >= 4 is 11.7 Å². The zero-order valence-corrected chi connectivity index (χ0v) is 12.2. The second kappa shape index (κ2) is 7.82. The smallest absolute Gasteiger partial charge is 0.308 e. The summed E-state index contributed by atoms with van der Waals surface area (Å²) in [6.45, 7) is 4.29. The first-order chi connectivity index (χ1) is 9.06. The maximum atomic E-state index is 10.8. The second-order valence-electron chi connectivity index (χ2n) is 5.29. The maximum absolute atomic E-state index is 10.8. The van der Waals surface area contributed by atoms with E-state index in [-0.39, 0.29) is 11.9 Å². The van der Waals surface area contributed by atoms with Crippen LogP contribution in [0.5, 0.6) is 0 Å². The summed E-state index contributed by atoms with van der Waals surface area (Å²) in [5.41, 5.74) is 7.86. The van der Waals surface area contributed by atoms with Crippen LogP contribution in [-0.2, 0) is 9.53 Å². The van der Waals surface area contributed by atoms with Gasteiger partial charge in [-0.05, 0) is 30.4 Å². The van der Waals surface area contributed by atoms with Gasteiger partial charge in [0.05, 0.1) is 13.0 Å². The summed E-state index contributed by atoms with van der Waals surface area (Å²) in [6.07, 6.45) is 4.46. The second-order valence-corrected chi connectivity index (χ2v) is 5.29. The van der Waals surface area contributed by atoms with Crippen molar-refractivity contribution < 1.29 is 9.53 Å². The number of carbonyl (C=O) groups excluding carboxylic acids is 1. The van der Waals surface area contributed by atoms with Crippen molar-refractivity contribution in [2.45, 2.75) is 45.4 Å². The molecule has 0 atom stereocenters. The number of carbonyl (C=O) groups is 1. The van der Waals surface area contributed by atoms with Crippen molar-refractivity contribution in [2.75, 3.05) is 12.8 Å². The molecule has 0 spiro atoms. The highest BCUT2D eigenvalue weighted by atomic mass is 16.5. The van der Waals surface area contributed by atoms with Crippen LogP contribution in [0.1, 0.15) is 51.0 Å². The molecule has 1 saturated carbocycles. The molecule has 106 valence electrons. The van der Waals surface area contributed by atoms with Crippen molar-refractivity contribution in [3.63, 3.8) is 0 Å². The molecule has 0 bridgehead atoms. The van der Waals surface area contributed by atoms with Crippen LogP contribution in [0.4, 0.5) is 5.69 Å². The molecule has 0 unspecified atom stereocenters. The van der Waals surface area contributed by atoms with Crippen molar-refractivity contribution in [1.29, 1.82) is 0 Å². The zero-order valence-electron chi connectivity index (χ0n) is 12.2. The first kappa shape index (κ1) is 15.5. The van der Waals surface area contributed by atoms with Gasteiger partial charge in [0.1, 0.15) is 0 Å². The number of nitrogens with two attached hydrogens (primary N) is 1. The summed E-state index contributed by atoms with van der Waals surface area (Å²) in [5, 5.41) is 0. The molecule has 2 N–H and O–H groups in total. The average molecular weight is 263 g/mol. The fourth-order valence-electron chi connectivity index (χ4n) is 2.36. The number of para-hydroxylation sites is 1. The van der Waals surface area contributed by atoms with Crippen LogP contribution in [0, 0.1) is 5.92 Å². The van der Waals surface area contributed by atoms with Crippen LogP contribution in [-0.4, -0.2) is 13.1 Å². The Balaban J connectivity index is 0.000000191. The van der Waals surface area contributed by atoms with E-state index in [9.17, 15) is 4.79 Å². The Hall–Kier alpha value is -1.51. The van der Waals surface area contributed by atoms with Gasteiger partial charge in [-0.1, -0.05) is 44.9 Å². The summed E-state index contributed by atoms with van der Waals surface area (Å²) >= 11 is 0. The third-order valence-corrected chi connectivity index (χ3v) is 3.51. The number of methoxy groups -OCH3 is 1. The molecule has 1 aromatic carbocycles. The highest BCUT2D eigenvalue weighted by Crippen LogP contribution is 2.25. The molecule has 0 aliphatic heterocycles. The van der Waals surface area contributed by atoms with Gasteiger partial charge in [0, 0.05) is 5.69 Å². The van der Waals surface area contributed by atoms with Gasteiger partial charge < -0.3 is 10.5 Å². The van der Waals surface area contributed by atoms with E-state index in [0.29, 0.717) is 5.92 Å². The molecule has 2 rings (SSSR count). The van der Waals surface area contributed by atoms with Crippen LogP contribution in [0.2, 0.25) is 0 Å². The molecule has 1 aliphatic rings. The van der Waals surface area contributed by atoms with E-state index in [1.54, 1.807) is 0 Å². The van der Waals surface area contributed by atoms with E-state index in [1.165, 1.54) is 25.5 Å². The number of ether oxygens (including phenoxy) is 1. The van der Waals surface area contributed by atoms with E-state index < -0.39 is 0 Å². The van der Waals surface area contributed by atoms with Gasteiger partial charge >= 0.3 is 5.97 Å². The number of hydrogen-bond donors (Lipinski definition) is 1. The third-order valence-electron chi connectivity index (χ3n) is 3.51. The Labute approximate surface area is 116 Å². The predicted octanol–water partition coefficient (Wildman–Crippen LogP) is 3.74. The summed E-state index contributed by atoms with van der Waals surface area (Å²) in [5.74, 6) is 0.726. The van der Waals surface area contributed by atoms with E-state index in [0.717, 1.165) is 18.5 Å². The topological polar surface area (TPSA) is 52.3 Å². The van der Waals surface area contributed by atoms with Gasteiger partial charge in [0.15, 0.2) is 0 Å². The van der Waals surface area contributed by atoms with Gasteiger partial charge in [-0.25, -0.2) is 0 Å². The van der Waals surface area contributed by atoms with Crippen molar-refractivity contribution in [3.8, 4) is 0 Å². The van der Waals surface area contributed by atoms with Crippen LogP contribution >= 0.6 is 0 Å². The van der Waals surface area contributed by atoms with Crippen molar-refractivity contribution in [2.24, 2.45) is 5.92 Å². The Bertz CT molecular complexity index is 395. The number of anilines is 1. The summed E-state index contributed by atoms with van der Waals surface area (Å²) < 4.78 is 4.60. The number of benzene rings is 1. The molecule has 3 heteroatoms. The van der Waals surface area contributed by atoms with Crippen LogP contribution in [0.15, 0.2) is 24.3 Å². The van der Waals surface area contributed by atoms with Gasteiger partial charge in [-0.2, -0.15) is 0 Å². The van der Waals surface area contributed by atoms with Gasteiger partial charge in [-0.3, -0.25) is 4.79 Å². The average Bonchev–Trinajstić information content (AvgIpc) is 2.92. The molecule has 0 amide bonds. The molecule has 0 saturated heterocycles. The van der Waals surface area contributed by atoms with Gasteiger partial charge in [-0.15, -0.1) is 0 Å². The van der Waals surface area contributed by atoms with E-state index in [2.05, 4.69) is 24.7 Å². The number of esters is 1. The fourth-order valence-corrected chi connectivity index (χ4v) is 2.36. The van der Waals surface area contributed by atoms with Crippen molar-refractivity contribution in [3.05, 3.63) is 29.8 Å². The van der Waals surface area contributed by atoms with Crippen molar-refractivity contribution in [1.82, 2.24) is 0 Å². The molecule has 0 aromatic heterocycles. The lowest BCUT2D eigenvalue weighted by Gasteiger charge is -2.07. The lowest BCUT2D eigenvalue weighted by atomic mass is 10.0. The van der Waals surface area contributed by atoms with E-state index >= 15 is 0 Å². The maximum Gasteiger partial charge on any atom is 0.308 e. The van der Waals surface area contributed by atoms with E-state index in [4.69, 9.17) is 5.73 Å². The molecule has 19 heavy (non-hydrogen) atoms. The van der Waals surface area contributed by atoms with Gasteiger partial charge in [0.2, 0.25) is 0 Å². The Morgan fingerprint density at radius 3 is 2.26 bits per heavy atom. The van der Waals surface area contributed by atoms with E-state index in [1.807, 2.05) is 18.2 Å². The highest BCUT2D eigenvalue weighted by molar-refractivity contribution is 5.72. The minimum Gasteiger partial charge on any atom is -0.469 e. The number of rotatable bonds is 2.